The fourth-order valence-electron chi connectivity index (χ4n) is 1.25. The smallest absolute Gasteiger partial charge is 0.411 e. The Morgan fingerprint density at radius 2 is 1.95 bits per heavy atom. The molecule has 0 aliphatic carbocycles. The zero-order valence-electron chi connectivity index (χ0n) is 10.3. The summed E-state index contributed by atoms with van der Waals surface area (Å²) in [5.41, 5.74) is 0.405. The van der Waals surface area contributed by atoms with Crippen molar-refractivity contribution in [2.45, 2.75) is 6.18 Å². The maximum absolute atomic E-state index is 13.1. The highest BCUT2D eigenvalue weighted by Gasteiger charge is 2.27. The number of halogens is 5. The summed E-state index contributed by atoms with van der Waals surface area (Å²) in [5.74, 6) is 4.95. The van der Waals surface area contributed by atoms with Crippen LogP contribution in [0.3, 0.4) is 0 Å². The van der Waals surface area contributed by atoms with Crippen LogP contribution < -0.4 is 4.74 Å². The van der Waals surface area contributed by atoms with Crippen molar-refractivity contribution < 1.29 is 27.0 Å². The van der Waals surface area contributed by atoms with E-state index in [-0.39, 0.29) is 24.8 Å². The van der Waals surface area contributed by atoms with Gasteiger partial charge in [-0.15, -0.1) is 11.6 Å². The van der Waals surface area contributed by atoms with Crippen LogP contribution in [-0.4, -0.2) is 31.9 Å². The molecular weight excluding hydrogens is 300 g/mol. The van der Waals surface area contributed by atoms with Crippen LogP contribution in [0.25, 0.3) is 0 Å². The Hall–Kier alpha value is -1.45. The summed E-state index contributed by atoms with van der Waals surface area (Å²) in [6.45, 7) is -1.76. The average Bonchev–Trinajstić information content (AvgIpc) is 2.36. The molecule has 1 rings (SSSR count). The van der Waals surface area contributed by atoms with E-state index in [2.05, 4.69) is 16.6 Å². The van der Waals surface area contributed by atoms with Crippen LogP contribution >= 0.6 is 11.6 Å². The number of benzene rings is 1. The summed E-state index contributed by atoms with van der Waals surface area (Å²) in [5, 5.41) is 0. The van der Waals surface area contributed by atoms with E-state index >= 15 is 0 Å². The normalized spacial score (nSPS) is 10.8. The maximum Gasteiger partial charge on any atom is 0.411 e. The molecule has 1 aromatic rings. The van der Waals surface area contributed by atoms with Gasteiger partial charge in [0.15, 0.2) is 0 Å². The van der Waals surface area contributed by atoms with Crippen molar-refractivity contribution in [1.29, 1.82) is 0 Å². The Labute approximate surface area is 118 Å². The van der Waals surface area contributed by atoms with Crippen molar-refractivity contribution in [3.63, 3.8) is 0 Å². The minimum Gasteiger partial charge on any atom is -0.490 e. The van der Waals surface area contributed by atoms with E-state index in [1.165, 1.54) is 12.1 Å². The van der Waals surface area contributed by atoms with Crippen molar-refractivity contribution >= 4 is 11.6 Å². The first-order valence-electron chi connectivity index (χ1n) is 5.54. The lowest BCUT2D eigenvalue weighted by Gasteiger charge is -2.10. The van der Waals surface area contributed by atoms with E-state index in [4.69, 9.17) is 16.3 Å². The van der Waals surface area contributed by atoms with Crippen LogP contribution in [0.4, 0.5) is 17.6 Å². The Balaban J connectivity index is 2.52. The fourth-order valence-corrected chi connectivity index (χ4v) is 1.31. The van der Waals surface area contributed by atoms with Gasteiger partial charge in [-0.2, -0.15) is 13.2 Å². The fraction of sp³-hybridized carbons (Fsp3) is 0.385. The third-order valence-electron chi connectivity index (χ3n) is 1.98. The van der Waals surface area contributed by atoms with Crippen LogP contribution in [0.2, 0.25) is 0 Å². The van der Waals surface area contributed by atoms with E-state index in [9.17, 15) is 17.6 Å². The highest BCUT2D eigenvalue weighted by atomic mass is 35.5. The quantitative estimate of drug-likeness (QED) is 0.359. The second kappa shape index (κ2) is 7.98. The van der Waals surface area contributed by atoms with E-state index in [0.717, 1.165) is 6.07 Å². The summed E-state index contributed by atoms with van der Waals surface area (Å²) in [7, 11) is 0. The van der Waals surface area contributed by atoms with Gasteiger partial charge in [-0.05, 0) is 12.1 Å². The molecule has 7 heteroatoms. The van der Waals surface area contributed by atoms with E-state index in [1.807, 2.05) is 0 Å². The Bertz CT molecular complexity index is 491. The molecule has 0 atom stereocenters. The Kier molecular flexibility index (Phi) is 6.62. The lowest BCUT2D eigenvalue weighted by atomic mass is 10.2. The molecule has 0 N–H and O–H groups in total. The molecule has 0 aliphatic rings. The Morgan fingerprint density at radius 3 is 2.60 bits per heavy atom. The summed E-state index contributed by atoms with van der Waals surface area (Å²) >= 11 is 5.41. The van der Waals surface area contributed by atoms with Crippen LogP contribution in [0, 0.1) is 17.7 Å². The van der Waals surface area contributed by atoms with Gasteiger partial charge in [-0.1, -0.05) is 11.8 Å². The molecule has 0 saturated heterocycles. The number of ether oxygens (including phenoxy) is 2. The molecule has 0 heterocycles. The number of alkyl halides is 4. The minimum atomic E-state index is -4.38. The first-order valence-corrected chi connectivity index (χ1v) is 6.07. The number of hydrogen-bond donors (Lipinski definition) is 0. The van der Waals surface area contributed by atoms with Gasteiger partial charge in [0.2, 0.25) is 0 Å². The molecule has 0 spiro atoms. The molecular formula is C13H11ClF4O2. The van der Waals surface area contributed by atoms with E-state index < -0.39 is 18.6 Å². The topological polar surface area (TPSA) is 18.5 Å². The molecule has 1 aromatic carbocycles. The summed E-state index contributed by atoms with van der Waals surface area (Å²) in [6.07, 6.45) is -4.38. The molecule has 0 saturated carbocycles. The third kappa shape index (κ3) is 6.64. The zero-order chi connectivity index (χ0) is 15.0. The monoisotopic (exact) mass is 310 g/mol. The molecule has 110 valence electrons. The summed E-state index contributed by atoms with van der Waals surface area (Å²) in [6, 6.07) is 3.70. The summed E-state index contributed by atoms with van der Waals surface area (Å²) in [4.78, 5) is 0. The van der Waals surface area contributed by atoms with Gasteiger partial charge in [-0.3, -0.25) is 0 Å². The molecule has 2 nitrogen and oxygen atoms in total. The highest BCUT2D eigenvalue weighted by molar-refractivity contribution is 6.19. The van der Waals surface area contributed by atoms with Crippen molar-refractivity contribution in [2.24, 2.45) is 0 Å². The van der Waals surface area contributed by atoms with Crippen LogP contribution in [-0.2, 0) is 4.74 Å². The van der Waals surface area contributed by atoms with Crippen molar-refractivity contribution in [2.75, 3.05) is 25.7 Å². The molecule has 0 unspecified atom stereocenters. The lowest BCUT2D eigenvalue weighted by Crippen LogP contribution is -2.19. The van der Waals surface area contributed by atoms with E-state index in [0.29, 0.717) is 5.56 Å². The maximum atomic E-state index is 13.1. The minimum absolute atomic E-state index is 0.103. The van der Waals surface area contributed by atoms with Gasteiger partial charge >= 0.3 is 6.18 Å². The van der Waals surface area contributed by atoms with Gasteiger partial charge in [-0.25, -0.2) is 4.39 Å². The molecule has 0 fully saturated rings. The van der Waals surface area contributed by atoms with Gasteiger partial charge in [0.25, 0.3) is 0 Å². The molecule has 0 aromatic heterocycles. The van der Waals surface area contributed by atoms with Crippen molar-refractivity contribution in [1.82, 2.24) is 0 Å². The second-order valence-electron chi connectivity index (χ2n) is 3.59. The van der Waals surface area contributed by atoms with Crippen molar-refractivity contribution in [3.05, 3.63) is 29.6 Å². The summed E-state index contributed by atoms with van der Waals surface area (Å²) < 4.78 is 58.0. The SMILES string of the molecule is Fc1ccc(C#CCCl)c(OCCOCC(F)(F)F)c1. The van der Waals surface area contributed by atoms with Crippen LogP contribution in [0.5, 0.6) is 5.75 Å². The lowest BCUT2D eigenvalue weighted by molar-refractivity contribution is -0.175. The molecule has 0 radical (unpaired) electrons. The number of hydrogen-bond acceptors (Lipinski definition) is 2. The van der Waals surface area contributed by atoms with Crippen molar-refractivity contribution in [3.8, 4) is 17.6 Å². The van der Waals surface area contributed by atoms with Gasteiger partial charge in [0, 0.05) is 6.07 Å². The standard InChI is InChI=1S/C13H11ClF4O2/c14-5-1-2-10-3-4-11(15)8-12(10)20-7-6-19-9-13(16,17)18/h3-4,8H,5-7,9H2. The number of rotatable bonds is 5. The van der Waals surface area contributed by atoms with Gasteiger partial charge < -0.3 is 9.47 Å². The predicted octanol–water partition coefficient (Wildman–Crippen LogP) is 3.37. The van der Waals surface area contributed by atoms with Crippen LogP contribution in [0.1, 0.15) is 5.56 Å². The average molecular weight is 311 g/mol. The van der Waals surface area contributed by atoms with Gasteiger partial charge in [0.05, 0.1) is 18.1 Å². The molecule has 0 aliphatic heterocycles. The molecule has 0 bridgehead atoms. The second-order valence-corrected chi connectivity index (χ2v) is 3.86. The first-order chi connectivity index (χ1) is 9.42. The van der Waals surface area contributed by atoms with Gasteiger partial charge in [0.1, 0.15) is 24.8 Å². The Morgan fingerprint density at radius 1 is 1.20 bits per heavy atom. The molecule has 0 amide bonds. The third-order valence-corrected chi connectivity index (χ3v) is 2.12. The molecule has 20 heavy (non-hydrogen) atoms. The predicted molar refractivity (Wildman–Crippen MR) is 66.4 cm³/mol. The van der Waals surface area contributed by atoms with Crippen LogP contribution in [0.15, 0.2) is 18.2 Å². The highest BCUT2D eigenvalue weighted by Crippen LogP contribution is 2.19. The van der Waals surface area contributed by atoms with E-state index in [1.54, 1.807) is 0 Å². The zero-order valence-corrected chi connectivity index (χ0v) is 11.0. The first kappa shape index (κ1) is 16.6. The largest absolute Gasteiger partial charge is 0.490 e.